The SMILES string of the molecule is COc1ccc(C=O)cc1O.Cc1c(N)c(=O)n(-c2ccccc2)n1C. The van der Waals surface area contributed by atoms with Gasteiger partial charge in [-0.3, -0.25) is 14.3 Å². The molecule has 7 nitrogen and oxygen atoms in total. The molecule has 0 bridgehead atoms. The largest absolute Gasteiger partial charge is 0.504 e. The Morgan fingerprint density at radius 2 is 1.81 bits per heavy atom. The van der Waals surface area contributed by atoms with Crippen molar-refractivity contribution in [3.05, 3.63) is 70.1 Å². The fraction of sp³-hybridized carbons (Fsp3) is 0.158. The lowest BCUT2D eigenvalue weighted by atomic mass is 10.2. The normalized spacial score (nSPS) is 9.96. The van der Waals surface area contributed by atoms with Crippen LogP contribution in [0.25, 0.3) is 5.69 Å². The van der Waals surface area contributed by atoms with E-state index in [1.807, 2.05) is 44.3 Å². The molecule has 7 heteroatoms. The fourth-order valence-corrected chi connectivity index (χ4v) is 2.37. The summed E-state index contributed by atoms with van der Waals surface area (Å²) < 4.78 is 8.10. The van der Waals surface area contributed by atoms with Gasteiger partial charge in [-0.2, -0.15) is 0 Å². The van der Waals surface area contributed by atoms with Crippen LogP contribution in [0.2, 0.25) is 0 Å². The molecule has 0 amide bonds. The van der Waals surface area contributed by atoms with Crippen LogP contribution in [0.1, 0.15) is 16.1 Å². The van der Waals surface area contributed by atoms with Gasteiger partial charge in [-0.25, -0.2) is 4.68 Å². The van der Waals surface area contributed by atoms with Crippen LogP contribution in [0.3, 0.4) is 0 Å². The lowest BCUT2D eigenvalue weighted by Gasteiger charge is -2.07. The van der Waals surface area contributed by atoms with Gasteiger partial charge in [-0.05, 0) is 37.3 Å². The van der Waals surface area contributed by atoms with Crippen molar-refractivity contribution in [3.8, 4) is 17.2 Å². The Kier molecular flexibility index (Phi) is 5.85. The van der Waals surface area contributed by atoms with Crippen molar-refractivity contribution in [1.29, 1.82) is 0 Å². The van der Waals surface area contributed by atoms with E-state index >= 15 is 0 Å². The molecule has 2 aromatic carbocycles. The van der Waals surface area contributed by atoms with Gasteiger partial charge in [0.15, 0.2) is 11.5 Å². The molecule has 0 aliphatic rings. The van der Waals surface area contributed by atoms with Gasteiger partial charge in [-0.15, -0.1) is 0 Å². The van der Waals surface area contributed by atoms with Gasteiger partial charge in [-0.1, -0.05) is 18.2 Å². The molecule has 0 saturated heterocycles. The highest BCUT2D eigenvalue weighted by Gasteiger charge is 2.12. The summed E-state index contributed by atoms with van der Waals surface area (Å²) in [6.07, 6.45) is 0.666. The van der Waals surface area contributed by atoms with E-state index in [0.29, 0.717) is 23.3 Å². The Labute approximate surface area is 150 Å². The summed E-state index contributed by atoms with van der Waals surface area (Å²) >= 11 is 0. The Balaban J connectivity index is 0.000000197. The van der Waals surface area contributed by atoms with Crippen LogP contribution in [-0.4, -0.2) is 27.9 Å². The highest BCUT2D eigenvalue weighted by atomic mass is 16.5. The van der Waals surface area contributed by atoms with E-state index < -0.39 is 0 Å². The quantitative estimate of drug-likeness (QED) is 0.702. The van der Waals surface area contributed by atoms with Crippen molar-refractivity contribution in [3.63, 3.8) is 0 Å². The number of aldehydes is 1. The summed E-state index contributed by atoms with van der Waals surface area (Å²) in [7, 11) is 3.27. The molecule has 3 aromatic rings. The predicted molar refractivity (Wildman–Crippen MR) is 100 cm³/mol. The van der Waals surface area contributed by atoms with E-state index in [0.717, 1.165) is 11.4 Å². The minimum Gasteiger partial charge on any atom is -0.504 e. The second-order valence-corrected chi connectivity index (χ2v) is 5.52. The molecule has 0 aliphatic carbocycles. The van der Waals surface area contributed by atoms with Crippen LogP contribution in [0.5, 0.6) is 11.5 Å². The number of anilines is 1. The third-order valence-electron chi connectivity index (χ3n) is 3.94. The first-order valence-corrected chi connectivity index (χ1v) is 7.82. The van der Waals surface area contributed by atoms with Gasteiger partial charge in [0.05, 0.1) is 18.5 Å². The number of phenolic OH excluding ortho intramolecular Hbond substituents is 1. The van der Waals surface area contributed by atoms with Crippen LogP contribution in [-0.2, 0) is 7.05 Å². The number of nitrogens with two attached hydrogens (primary N) is 1. The maximum Gasteiger partial charge on any atom is 0.294 e. The van der Waals surface area contributed by atoms with Crippen LogP contribution >= 0.6 is 0 Å². The zero-order valence-electron chi connectivity index (χ0n) is 14.8. The van der Waals surface area contributed by atoms with Crippen molar-refractivity contribution in [2.45, 2.75) is 6.92 Å². The molecule has 3 rings (SSSR count). The second-order valence-electron chi connectivity index (χ2n) is 5.52. The van der Waals surface area contributed by atoms with Gasteiger partial charge < -0.3 is 15.6 Å². The molecule has 0 aliphatic heterocycles. The van der Waals surface area contributed by atoms with E-state index in [4.69, 9.17) is 15.6 Å². The monoisotopic (exact) mass is 355 g/mol. The predicted octanol–water partition coefficient (Wildman–Crippen LogP) is 2.28. The molecule has 3 N–H and O–H groups in total. The standard InChI is InChI=1S/C11H13N3O.C8H8O3/c1-8-10(12)11(15)14(13(8)2)9-6-4-3-5-7-9;1-11-8-3-2-6(5-9)4-7(8)10/h3-7H,12H2,1-2H3;2-5,10H,1H3. The first kappa shape index (κ1) is 18.9. The number of nitrogen functional groups attached to an aromatic ring is 1. The van der Waals surface area contributed by atoms with E-state index in [9.17, 15) is 9.59 Å². The van der Waals surface area contributed by atoms with Crippen LogP contribution in [0.4, 0.5) is 5.69 Å². The van der Waals surface area contributed by atoms with Crippen molar-refractivity contribution in [2.75, 3.05) is 12.8 Å². The zero-order valence-corrected chi connectivity index (χ0v) is 14.8. The smallest absolute Gasteiger partial charge is 0.294 e. The van der Waals surface area contributed by atoms with Crippen LogP contribution in [0.15, 0.2) is 53.3 Å². The maximum atomic E-state index is 11.8. The number of methoxy groups -OCH3 is 1. The minimum atomic E-state index is -0.166. The van der Waals surface area contributed by atoms with Gasteiger partial charge in [0.2, 0.25) is 0 Å². The number of hydrogen-bond acceptors (Lipinski definition) is 5. The molecule has 136 valence electrons. The molecule has 0 unspecified atom stereocenters. The number of phenols is 1. The molecule has 0 radical (unpaired) electrons. The highest BCUT2D eigenvalue weighted by Crippen LogP contribution is 2.25. The summed E-state index contributed by atoms with van der Waals surface area (Å²) in [6, 6.07) is 13.9. The maximum absolute atomic E-state index is 11.8. The number of para-hydroxylation sites is 1. The second kappa shape index (κ2) is 8.06. The number of aromatic nitrogens is 2. The number of hydrogen-bond donors (Lipinski definition) is 2. The molecule has 0 spiro atoms. The Bertz CT molecular complexity index is 959. The average Bonchev–Trinajstić information content (AvgIpc) is 2.86. The van der Waals surface area contributed by atoms with Crippen LogP contribution in [0, 0.1) is 6.92 Å². The summed E-state index contributed by atoms with van der Waals surface area (Å²) in [6.45, 7) is 1.83. The molecule has 0 atom stereocenters. The van der Waals surface area contributed by atoms with Gasteiger partial charge >= 0.3 is 0 Å². The number of nitrogens with zero attached hydrogens (tertiary/aromatic N) is 2. The topological polar surface area (TPSA) is 99.5 Å². The highest BCUT2D eigenvalue weighted by molar-refractivity contribution is 5.76. The number of carbonyl (C=O) groups is 1. The lowest BCUT2D eigenvalue weighted by Crippen LogP contribution is -2.20. The fourth-order valence-electron chi connectivity index (χ4n) is 2.37. The number of rotatable bonds is 3. The molecular formula is C19H21N3O4. The van der Waals surface area contributed by atoms with Gasteiger partial charge in [0.25, 0.3) is 5.56 Å². The summed E-state index contributed by atoms with van der Waals surface area (Å²) in [4.78, 5) is 22.0. The molecule has 26 heavy (non-hydrogen) atoms. The average molecular weight is 355 g/mol. The zero-order chi connectivity index (χ0) is 19.3. The van der Waals surface area contributed by atoms with Crippen molar-refractivity contribution >= 4 is 12.0 Å². The van der Waals surface area contributed by atoms with E-state index in [1.54, 1.807) is 21.5 Å². The Morgan fingerprint density at radius 3 is 2.27 bits per heavy atom. The van der Waals surface area contributed by atoms with Crippen molar-refractivity contribution in [2.24, 2.45) is 7.05 Å². The molecule has 1 heterocycles. The molecule has 1 aromatic heterocycles. The Hall–Kier alpha value is -3.48. The summed E-state index contributed by atoms with van der Waals surface area (Å²) in [5.41, 5.74) is 7.87. The third kappa shape index (κ3) is 3.77. The first-order valence-electron chi connectivity index (χ1n) is 7.82. The van der Waals surface area contributed by atoms with E-state index in [2.05, 4.69) is 0 Å². The molecule has 0 saturated carbocycles. The third-order valence-corrected chi connectivity index (χ3v) is 3.94. The number of aromatic hydroxyl groups is 1. The van der Waals surface area contributed by atoms with Gasteiger partial charge in [0, 0.05) is 12.6 Å². The summed E-state index contributed by atoms with van der Waals surface area (Å²) in [5.74, 6) is 0.354. The van der Waals surface area contributed by atoms with E-state index in [1.165, 1.54) is 13.2 Å². The first-order chi connectivity index (χ1) is 12.4. The number of ether oxygens (including phenoxy) is 1. The van der Waals surface area contributed by atoms with Gasteiger partial charge in [0.1, 0.15) is 12.0 Å². The van der Waals surface area contributed by atoms with Crippen molar-refractivity contribution < 1.29 is 14.6 Å². The summed E-state index contributed by atoms with van der Waals surface area (Å²) in [5, 5.41) is 9.14. The molecular weight excluding hydrogens is 334 g/mol. The minimum absolute atomic E-state index is 0.0166. The van der Waals surface area contributed by atoms with Crippen molar-refractivity contribution in [1.82, 2.24) is 9.36 Å². The Morgan fingerprint density at radius 1 is 1.15 bits per heavy atom. The molecule has 0 fully saturated rings. The van der Waals surface area contributed by atoms with E-state index in [-0.39, 0.29) is 11.3 Å². The number of benzene rings is 2. The van der Waals surface area contributed by atoms with Crippen LogP contribution < -0.4 is 16.0 Å². The number of carbonyl (C=O) groups excluding carboxylic acids is 1. The lowest BCUT2D eigenvalue weighted by molar-refractivity contribution is 0.112.